The highest BCUT2D eigenvalue weighted by atomic mass is 35.5. The number of hydrogen-bond acceptors (Lipinski definition) is 4. The Labute approximate surface area is 146 Å². The molecule has 7 heteroatoms. The van der Waals surface area contributed by atoms with E-state index in [1.54, 1.807) is 30.9 Å². The summed E-state index contributed by atoms with van der Waals surface area (Å²) in [6.07, 6.45) is 4.95. The van der Waals surface area contributed by atoms with Crippen molar-refractivity contribution < 1.29 is 14.3 Å². The van der Waals surface area contributed by atoms with Crippen molar-refractivity contribution in [3.63, 3.8) is 0 Å². The van der Waals surface area contributed by atoms with E-state index in [1.165, 1.54) is 6.92 Å². The molecule has 23 heavy (non-hydrogen) atoms. The molecule has 124 valence electrons. The summed E-state index contributed by atoms with van der Waals surface area (Å²) in [5.41, 5.74) is 0.842. The molecule has 0 saturated heterocycles. The molecule has 0 radical (unpaired) electrons. The molecule has 0 saturated carbocycles. The van der Waals surface area contributed by atoms with Crippen molar-refractivity contribution in [1.29, 1.82) is 0 Å². The van der Waals surface area contributed by atoms with Gasteiger partial charge in [-0.1, -0.05) is 23.7 Å². The van der Waals surface area contributed by atoms with Gasteiger partial charge in [-0.25, -0.2) is 4.98 Å². The maximum atomic E-state index is 11.9. The second-order valence-electron chi connectivity index (χ2n) is 4.99. The Morgan fingerprint density at radius 3 is 2.52 bits per heavy atom. The summed E-state index contributed by atoms with van der Waals surface area (Å²) >= 11 is 5.89. The third kappa shape index (κ3) is 6.42. The Morgan fingerprint density at radius 2 is 1.96 bits per heavy atom. The molecule has 0 fully saturated rings. The predicted octanol–water partition coefficient (Wildman–Crippen LogP) is 3.61. The zero-order chi connectivity index (χ0) is 15.9. The summed E-state index contributed by atoms with van der Waals surface area (Å²) in [4.78, 5) is 26.8. The quantitative estimate of drug-likeness (QED) is 0.711. The number of carbonyl (C=O) groups excluding carboxylic acids is 2. The maximum absolute atomic E-state index is 11.9. The first kappa shape index (κ1) is 19.2. The molecule has 0 aliphatic heterocycles. The van der Waals surface area contributed by atoms with Crippen molar-refractivity contribution >= 4 is 35.8 Å². The smallest absolute Gasteiger partial charge is 0.306 e. The highest BCUT2D eigenvalue weighted by molar-refractivity contribution is 6.30. The second-order valence-corrected chi connectivity index (χ2v) is 5.43. The fourth-order valence-electron chi connectivity index (χ4n) is 1.97. The molecule has 1 aromatic heterocycles. The first-order valence-electron chi connectivity index (χ1n) is 6.94. The van der Waals surface area contributed by atoms with Gasteiger partial charge in [-0.3, -0.25) is 4.79 Å². The van der Waals surface area contributed by atoms with Gasteiger partial charge in [0.2, 0.25) is 0 Å². The van der Waals surface area contributed by atoms with Gasteiger partial charge in [0.05, 0.1) is 19.3 Å². The van der Waals surface area contributed by atoms with Gasteiger partial charge < -0.3 is 14.1 Å². The largest absolute Gasteiger partial charge is 0.456 e. The lowest BCUT2D eigenvalue weighted by molar-refractivity contribution is -0.151. The molecular formula is C16H18Cl2N2O3. The zero-order valence-electron chi connectivity index (χ0n) is 12.6. The third-order valence-corrected chi connectivity index (χ3v) is 3.38. The lowest BCUT2D eigenvalue weighted by atomic mass is 10.1. The molecule has 0 spiro atoms. The van der Waals surface area contributed by atoms with Gasteiger partial charge in [-0.2, -0.15) is 0 Å². The number of imidazole rings is 1. The van der Waals surface area contributed by atoms with E-state index < -0.39 is 12.1 Å². The lowest BCUT2D eigenvalue weighted by Crippen LogP contribution is -2.17. The molecule has 1 unspecified atom stereocenters. The first-order chi connectivity index (χ1) is 10.5. The van der Waals surface area contributed by atoms with E-state index in [9.17, 15) is 9.59 Å². The number of benzene rings is 1. The molecule has 1 atom stereocenters. The standard InChI is InChI=1S/C16H17ClN2O3.ClH/c1-12(20)2-7-16(21)22-15(10-19-9-8-18-11-19)13-3-5-14(17)6-4-13;/h3-6,8-9,11,15H,2,7,10H2,1H3;1H. The number of aromatic nitrogens is 2. The monoisotopic (exact) mass is 356 g/mol. The number of halogens is 2. The average molecular weight is 357 g/mol. The first-order valence-corrected chi connectivity index (χ1v) is 7.32. The van der Waals surface area contributed by atoms with E-state index in [-0.39, 0.29) is 31.0 Å². The molecule has 2 rings (SSSR count). The summed E-state index contributed by atoms with van der Waals surface area (Å²) in [5, 5.41) is 0.619. The Bertz CT molecular complexity index is 627. The fraction of sp³-hybridized carbons (Fsp3) is 0.312. The van der Waals surface area contributed by atoms with Gasteiger partial charge in [0.15, 0.2) is 0 Å². The molecule has 0 amide bonds. The number of esters is 1. The van der Waals surface area contributed by atoms with Crippen LogP contribution in [0.1, 0.15) is 31.4 Å². The van der Waals surface area contributed by atoms with E-state index in [2.05, 4.69) is 4.98 Å². The molecule has 5 nitrogen and oxygen atoms in total. The number of hydrogen-bond donors (Lipinski definition) is 0. The Morgan fingerprint density at radius 1 is 1.26 bits per heavy atom. The normalized spacial score (nSPS) is 11.4. The topological polar surface area (TPSA) is 61.2 Å². The second kappa shape index (κ2) is 9.33. The van der Waals surface area contributed by atoms with E-state index >= 15 is 0 Å². The Hall–Kier alpha value is -1.85. The highest BCUT2D eigenvalue weighted by Crippen LogP contribution is 2.22. The van der Waals surface area contributed by atoms with Gasteiger partial charge >= 0.3 is 5.97 Å². The number of ketones is 1. The summed E-state index contributed by atoms with van der Waals surface area (Å²) in [5.74, 6) is -0.426. The number of rotatable bonds is 7. The minimum Gasteiger partial charge on any atom is -0.456 e. The number of nitrogens with zero attached hydrogens (tertiary/aromatic N) is 2. The molecule has 0 aliphatic rings. The number of carbonyl (C=O) groups is 2. The molecule has 2 aromatic rings. The van der Waals surface area contributed by atoms with Crippen LogP contribution in [0.25, 0.3) is 0 Å². The van der Waals surface area contributed by atoms with Gasteiger partial charge in [-0.05, 0) is 24.6 Å². The van der Waals surface area contributed by atoms with E-state index in [1.807, 2.05) is 16.7 Å². The summed E-state index contributed by atoms with van der Waals surface area (Å²) in [7, 11) is 0. The van der Waals surface area contributed by atoms with Crippen LogP contribution in [0.15, 0.2) is 43.0 Å². The van der Waals surface area contributed by atoms with E-state index in [0.717, 1.165) is 5.56 Å². The van der Waals surface area contributed by atoms with Crippen LogP contribution in [0, 0.1) is 0 Å². The van der Waals surface area contributed by atoms with Crippen LogP contribution in [0.2, 0.25) is 5.02 Å². The van der Waals surface area contributed by atoms with Crippen LogP contribution >= 0.6 is 24.0 Å². The molecule has 0 bridgehead atoms. The van der Waals surface area contributed by atoms with Crippen LogP contribution < -0.4 is 0 Å². The molecule has 0 N–H and O–H groups in total. The SMILES string of the molecule is CC(=O)CCC(=O)OC(Cn1ccnc1)c1ccc(Cl)cc1.Cl. The molecular weight excluding hydrogens is 339 g/mol. The van der Waals surface area contributed by atoms with Crippen LogP contribution in [0.3, 0.4) is 0 Å². The van der Waals surface area contributed by atoms with Crippen molar-refractivity contribution in [2.75, 3.05) is 0 Å². The van der Waals surface area contributed by atoms with Crippen LogP contribution in [-0.2, 0) is 20.9 Å². The van der Waals surface area contributed by atoms with Crippen molar-refractivity contribution in [3.05, 3.63) is 53.6 Å². The van der Waals surface area contributed by atoms with Crippen molar-refractivity contribution in [2.45, 2.75) is 32.4 Å². The maximum Gasteiger partial charge on any atom is 0.306 e. The molecule has 1 aromatic carbocycles. The van der Waals surface area contributed by atoms with Crippen LogP contribution in [-0.4, -0.2) is 21.3 Å². The van der Waals surface area contributed by atoms with E-state index in [4.69, 9.17) is 16.3 Å². The predicted molar refractivity (Wildman–Crippen MR) is 89.7 cm³/mol. The highest BCUT2D eigenvalue weighted by Gasteiger charge is 2.18. The lowest BCUT2D eigenvalue weighted by Gasteiger charge is -2.19. The van der Waals surface area contributed by atoms with Gasteiger partial charge in [-0.15, -0.1) is 12.4 Å². The van der Waals surface area contributed by atoms with Gasteiger partial charge in [0, 0.05) is 23.8 Å². The number of Topliss-reactive ketones (excluding diaryl/α,β-unsaturated/α-hetero) is 1. The minimum atomic E-state index is -0.453. The molecule has 0 aliphatic carbocycles. The van der Waals surface area contributed by atoms with Crippen molar-refractivity contribution in [1.82, 2.24) is 9.55 Å². The van der Waals surface area contributed by atoms with Crippen molar-refractivity contribution in [3.8, 4) is 0 Å². The summed E-state index contributed by atoms with van der Waals surface area (Å²) in [6.45, 7) is 1.91. The van der Waals surface area contributed by atoms with Gasteiger partial charge in [0.1, 0.15) is 11.9 Å². The van der Waals surface area contributed by atoms with Gasteiger partial charge in [0.25, 0.3) is 0 Å². The third-order valence-electron chi connectivity index (χ3n) is 3.13. The molecule has 1 heterocycles. The van der Waals surface area contributed by atoms with Crippen LogP contribution in [0.4, 0.5) is 0 Å². The minimum absolute atomic E-state index is 0. The number of ether oxygens (including phenoxy) is 1. The zero-order valence-corrected chi connectivity index (χ0v) is 14.2. The summed E-state index contributed by atoms with van der Waals surface area (Å²) in [6, 6.07) is 7.15. The van der Waals surface area contributed by atoms with E-state index in [0.29, 0.717) is 11.6 Å². The Balaban J connectivity index is 0.00000264. The van der Waals surface area contributed by atoms with Crippen molar-refractivity contribution in [2.24, 2.45) is 0 Å². The summed E-state index contributed by atoms with van der Waals surface area (Å²) < 4.78 is 7.35. The Kier molecular flexibility index (Phi) is 7.78. The van der Waals surface area contributed by atoms with Crippen LogP contribution in [0.5, 0.6) is 0 Å². The fourth-order valence-corrected chi connectivity index (χ4v) is 2.10. The average Bonchev–Trinajstić information content (AvgIpc) is 2.98.